The Kier molecular flexibility index (Phi) is 8.23. The lowest BCUT2D eigenvalue weighted by molar-refractivity contribution is -0.132. The summed E-state index contributed by atoms with van der Waals surface area (Å²) in [6.45, 7) is 1.58. The van der Waals surface area contributed by atoms with Crippen LogP contribution >= 0.6 is 23.1 Å². The van der Waals surface area contributed by atoms with Crippen LogP contribution in [0.2, 0.25) is 0 Å². The summed E-state index contributed by atoms with van der Waals surface area (Å²) >= 11 is 2.29. The van der Waals surface area contributed by atoms with Crippen LogP contribution in [0, 0.1) is 18.6 Å². The fourth-order valence-corrected chi connectivity index (χ4v) is 6.58. The van der Waals surface area contributed by atoms with Gasteiger partial charge in [0.1, 0.15) is 28.9 Å². The predicted molar refractivity (Wildman–Crippen MR) is 165 cm³/mol. The fraction of sp³-hybridized carbons (Fsp3) is 0.0909. The first-order valence-corrected chi connectivity index (χ1v) is 15.2. The standard InChI is InChI=1S/C33H23F2N3O4S2/c1-19-14-15-21(17-26(19)35)29(39)27-28(20-9-7-12-24(16-20)42-23-10-3-2-4-11-23)38(31(41)30(27)40)32-36-37-33(44-32)43-18-22-8-5-6-13-25(22)34/h2-17,28,39H,18H2,1H3/b29-27-. The summed E-state index contributed by atoms with van der Waals surface area (Å²) in [6.07, 6.45) is 0. The van der Waals surface area contributed by atoms with E-state index in [4.69, 9.17) is 4.74 Å². The van der Waals surface area contributed by atoms with Gasteiger partial charge in [-0.1, -0.05) is 83.8 Å². The maximum atomic E-state index is 14.5. The molecule has 1 aliphatic rings. The maximum absolute atomic E-state index is 14.5. The van der Waals surface area contributed by atoms with E-state index in [1.54, 1.807) is 61.5 Å². The minimum absolute atomic E-state index is 0.0474. The molecule has 4 aromatic carbocycles. The van der Waals surface area contributed by atoms with E-state index in [2.05, 4.69) is 10.2 Å². The van der Waals surface area contributed by atoms with Crippen molar-refractivity contribution in [3.63, 3.8) is 0 Å². The molecule has 0 saturated carbocycles. The number of carbonyl (C=O) groups is 2. The van der Waals surface area contributed by atoms with Crippen molar-refractivity contribution in [2.45, 2.75) is 23.1 Å². The summed E-state index contributed by atoms with van der Waals surface area (Å²) in [5.41, 5.74) is 1.11. The molecule has 220 valence electrons. The first-order chi connectivity index (χ1) is 21.3. The van der Waals surface area contributed by atoms with Crippen molar-refractivity contribution in [2.75, 3.05) is 4.90 Å². The van der Waals surface area contributed by atoms with Gasteiger partial charge in [-0.2, -0.15) is 0 Å². The van der Waals surface area contributed by atoms with Gasteiger partial charge in [-0.3, -0.25) is 14.5 Å². The average molecular weight is 628 g/mol. The molecule has 0 radical (unpaired) electrons. The lowest BCUT2D eigenvalue weighted by Gasteiger charge is -2.23. The Bertz CT molecular complexity index is 1910. The topological polar surface area (TPSA) is 92.6 Å². The Morgan fingerprint density at radius 1 is 0.909 bits per heavy atom. The molecule has 1 N–H and O–H groups in total. The molecular weight excluding hydrogens is 605 g/mol. The monoisotopic (exact) mass is 627 g/mol. The summed E-state index contributed by atoms with van der Waals surface area (Å²) in [6, 6.07) is 25.2. The number of anilines is 1. The van der Waals surface area contributed by atoms with Gasteiger partial charge in [0.05, 0.1) is 11.6 Å². The van der Waals surface area contributed by atoms with Crippen molar-refractivity contribution >= 4 is 45.7 Å². The Labute approximate surface area is 259 Å². The Balaban J connectivity index is 1.41. The number of aliphatic hydroxyl groups is 1. The molecule has 1 saturated heterocycles. The van der Waals surface area contributed by atoms with Crippen LogP contribution in [0.4, 0.5) is 13.9 Å². The number of aromatic nitrogens is 2. The molecule has 1 atom stereocenters. The van der Waals surface area contributed by atoms with Crippen molar-refractivity contribution in [1.82, 2.24) is 10.2 Å². The Morgan fingerprint density at radius 3 is 2.43 bits per heavy atom. The first kappa shape index (κ1) is 29.2. The lowest BCUT2D eigenvalue weighted by Crippen LogP contribution is -2.29. The van der Waals surface area contributed by atoms with Crippen LogP contribution in [0.3, 0.4) is 0 Å². The Morgan fingerprint density at radius 2 is 1.66 bits per heavy atom. The number of aliphatic hydroxyl groups excluding tert-OH is 1. The third kappa shape index (κ3) is 5.84. The van der Waals surface area contributed by atoms with E-state index in [1.165, 1.54) is 34.9 Å². The molecule has 1 unspecified atom stereocenters. The van der Waals surface area contributed by atoms with E-state index in [0.717, 1.165) is 17.4 Å². The molecule has 1 amide bonds. The van der Waals surface area contributed by atoms with Crippen LogP contribution in [0.1, 0.15) is 28.3 Å². The SMILES string of the molecule is Cc1ccc(/C(O)=C2/C(=O)C(=O)N(c3nnc(SCc4ccccc4F)s3)C2c2cccc(Oc3ccccc3)c2)cc1F. The third-order valence-corrected chi connectivity index (χ3v) is 9.06. The van der Waals surface area contributed by atoms with Gasteiger partial charge < -0.3 is 9.84 Å². The predicted octanol–water partition coefficient (Wildman–Crippen LogP) is 7.84. The highest BCUT2D eigenvalue weighted by Crippen LogP contribution is 2.45. The summed E-state index contributed by atoms with van der Waals surface area (Å²) < 4.78 is 35.1. The normalized spacial score (nSPS) is 16.0. The van der Waals surface area contributed by atoms with Gasteiger partial charge in [0.15, 0.2) is 4.34 Å². The molecule has 2 heterocycles. The average Bonchev–Trinajstić information content (AvgIpc) is 3.60. The highest BCUT2D eigenvalue weighted by atomic mass is 32.2. The van der Waals surface area contributed by atoms with Crippen LogP contribution < -0.4 is 9.64 Å². The number of rotatable bonds is 8. The van der Waals surface area contributed by atoms with Crippen LogP contribution in [0.25, 0.3) is 5.76 Å². The van der Waals surface area contributed by atoms with Crippen molar-refractivity contribution in [3.05, 3.63) is 137 Å². The van der Waals surface area contributed by atoms with Gasteiger partial charge >= 0.3 is 5.91 Å². The third-order valence-electron chi connectivity index (χ3n) is 6.95. The summed E-state index contributed by atoms with van der Waals surface area (Å²) in [5.74, 6) is -2.05. The van der Waals surface area contributed by atoms with E-state index in [1.807, 2.05) is 18.2 Å². The van der Waals surface area contributed by atoms with E-state index in [0.29, 0.717) is 32.5 Å². The van der Waals surface area contributed by atoms with Crippen LogP contribution in [-0.2, 0) is 15.3 Å². The second kappa shape index (κ2) is 12.4. The number of carbonyl (C=O) groups excluding carboxylic acids is 2. The molecule has 7 nitrogen and oxygen atoms in total. The summed E-state index contributed by atoms with van der Waals surface area (Å²) in [4.78, 5) is 28.3. The van der Waals surface area contributed by atoms with Crippen molar-refractivity contribution < 1.29 is 28.2 Å². The molecule has 0 spiro atoms. The fourth-order valence-electron chi connectivity index (χ4n) is 4.73. The number of benzene rings is 4. The molecule has 1 fully saturated rings. The molecule has 44 heavy (non-hydrogen) atoms. The first-order valence-electron chi connectivity index (χ1n) is 13.4. The molecular formula is C33H23F2N3O4S2. The quantitative estimate of drug-likeness (QED) is 0.0616. The van der Waals surface area contributed by atoms with Gasteiger partial charge in [0.25, 0.3) is 5.78 Å². The van der Waals surface area contributed by atoms with Gasteiger partial charge in [0, 0.05) is 11.3 Å². The number of nitrogens with zero attached hydrogens (tertiary/aromatic N) is 3. The number of ketones is 1. The number of para-hydroxylation sites is 1. The van der Waals surface area contributed by atoms with E-state index in [9.17, 15) is 23.5 Å². The second-order valence-electron chi connectivity index (χ2n) is 9.85. The summed E-state index contributed by atoms with van der Waals surface area (Å²) in [7, 11) is 0. The zero-order valence-corrected chi connectivity index (χ0v) is 24.7. The summed E-state index contributed by atoms with van der Waals surface area (Å²) in [5, 5.41) is 19.8. The molecule has 1 aliphatic heterocycles. The minimum Gasteiger partial charge on any atom is -0.507 e. The van der Waals surface area contributed by atoms with Crippen molar-refractivity contribution in [3.8, 4) is 11.5 Å². The number of thioether (sulfide) groups is 1. The largest absolute Gasteiger partial charge is 0.507 e. The number of Topliss-reactive ketones (excluding diaryl/α,β-unsaturated/α-hetero) is 1. The smallest absolute Gasteiger partial charge is 0.301 e. The van der Waals surface area contributed by atoms with E-state index < -0.39 is 29.3 Å². The highest BCUT2D eigenvalue weighted by molar-refractivity contribution is 8.00. The van der Waals surface area contributed by atoms with Gasteiger partial charge in [-0.25, -0.2) is 8.78 Å². The van der Waals surface area contributed by atoms with E-state index >= 15 is 0 Å². The molecule has 5 aromatic rings. The van der Waals surface area contributed by atoms with Crippen LogP contribution in [0.5, 0.6) is 11.5 Å². The van der Waals surface area contributed by atoms with Crippen LogP contribution in [0.15, 0.2) is 107 Å². The minimum atomic E-state index is -1.13. The number of hydrogen-bond acceptors (Lipinski definition) is 8. The number of amides is 1. The van der Waals surface area contributed by atoms with Gasteiger partial charge in [-0.05, 0) is 60.0 Å². The van der Waals surface area contributed by atoms with Crippen molar-refractivity contribution in [2.24, 2.45) is 0 Å². The molecule has 6 rings (SSSR count). The molecule has 0 aliphatic carbocycles. The molecule has 0 bridgehead atoms. The number of ether oxygens (including phenoxy) is 1. The number of halogens is 2. The van der Waals surface area contributed by atoms with E-state index in [-0.39, 0.29) is 27.8 Å². The number of hydrogen-bond donors (Lipinski definition) is 1. The maximum Gasteiger partial charge on any atom is 0.301 e. The number of aryl methyl sites for hydroxylation is 1. The molecule has 11 heteroatoms. The molecule has 1 aromatic heterocycles. The lowest BCUT2D eigenvalue weighted by atomic mass is 9.95. The second-order valence-corrected chi connectivity index (χ2v) is 12.0. The van der Waals surface area contributed by atoms with Gasteiger partial charge in [-0.15, -0.1) is 10.2 Å². The zero-order valence-electron chi connectivity index (χ0n) is 23.1. The van der Waals surface area contributed by atoms with Crippen LogP contribution in [-0.4, -0.2) is 27.0 Å². The van der Waals surface area contributed by atoms with Crippen molar-refractivity contribution in [1.29, 1.82) is 0 Å². The zero-order chi connectivity index (χ0) is 30.8. The van der Waals surface area contributed by atoms with Gasteiger partial charge in [0.2, 0.25) is 5.13 Å². The Hall–Kier alpha value is -4.87. The highest BCUT2D eigenvalue weighted by Gasteiger charge is 2.48.